The molecule has 2 heterocycles. The normalized spacial score (nSPS) is 14.9. The molecule has 1 fully saturated rings. The van der Waals surface area contributed by atoms with Crippen LogP contribution >= 0.6 is 0 Å². The summed E-state index contributed by atoms with van der Waals surface area (Å²) in [5, 5.41) is 0. The Hall–Kier alpha value is -2.74. The second-order valence-corrected chi connectivity index (χ2v) is 6.53. The van der Waals surface area contributed by atoms with E-state index in [0.29, 0.717) is 13.1 Å². The molecule has 1 aliphatic rings. The summed E-state index contributed by atoms with van der Waals surface area (Å²) in [5.74, 6) is 0.515. The van der Waals surface area contributed by atoms with E-state index in [0.717, 1.165) is 37.7 Å². The van der Waals surface area contributed by atoms with Crippen LogP contribution in [0.4, 0.5) is 10.3 Å². The molecule has 7 nitrogen and oxygen atoms in total. The number of methoxy groups -OCH3 is 1. The molecule has 0 bridgehead atoms. The molecule has 3 rings (SSSR count). The zero-order valence-corrected chi connectivity index (χ0v) is 15.6. The lowest BCUT2D eigenvalue weighted by Crippen LogP contribution is -2.50. The van der Waals surface area contributed by atoms with Crippen molar-refractivity contribution in [3.8, 4) is 5.75 Å². The Balaban J connectivity index is 1.48. The zero-order chi connectivity index (χ0) is 19.2. The summed E-state index contributed by atoms with van der Waals surface area (Å²) in [5.41, 5.74) is 0.732. The van der Waals surface area contributed by atoms with Crippen molar-refractivity contribution in [1.82, 2.24) is 19.8 Å². The highest BCUT2D eigenvalue weighted by molar-refractivity contribution is 5.78. The number of halogens is 1. The number of anilines is 1. The molecule has 0 spiro atoms. The molecule has 27 heavy (non-hydrogen) atoms. The Morgan fingerprint density at radius 3 is 2.56 bits per heavy atom. The van der Waals surface area contributed by atoms with Crippen LogP contribution in [-0.2, 0) is 11.3 Å². The number of benzene rings is 1. The van der Waals surface area contributed by atoms with Gasteiger partial charge in [0.15, 0.2) is 11.6 Å². The maximum Gasteiger partial charge on any atom is 0.236 e. The molecule has 2 aromatic rings. The fourth-order valence-corrected chi connectivity index (χ4v) is 3.04. The molecular formula is C19H24FN5O2. The van der Waals surface area contributed by atoms with E-state index in [1.54, 1.807) is 42.5 Å². The Labute approximate surface area is 158 Å². The number of carbonyl (C=O) groups excluding carboxylic acids is 1. The van der Waals surface area contributed by atoms with Crippen LogP contribution in [-0.4, -0.2) is 72.6 Å². The highest BCUT2D eigenvalue weighted by Gasteiger charge is 2.22. The Morgan fingerprint density at radius 1 is 1.22 bits per heavy atom. The van der Waals surface area contributed by atoms with Gasteiger partial charge in [0.2, 0.25) is 11.9 Å². The second kappa shape index (κ2) is 8.77. The quantitative estimate of drug-likeness (QED) is 0.763. The van der Waals surface area contributed by atoms with Crippen molar-refractivity contribution < 1.29 is 13.9 Å². The van der Waals surface area contributed by atoms with Crippen molar-refractivity contribution >= 4 is 11.9 Å². The summed E-state index contributed by atoms with van der Waals surface area (Å²) >= 11 is 0. The van der Waals surface area contributed by atoms with Crippen LogP contribution in [0.1, 0.15) is 5.56 Å². The molecule has 1 saturated heterocycles. The number of hydrogen-bond donors (Lipinski definition) is 0. The number of rotatable bonds is 6. The van der Waals surface area contributed by atoms with E-state index in [-0.39, 0.29) is 11.7 Å². The van der Waals surface area contributed by atoms with Gasteiger partial charge in [0.25, 0.3) is 0 Å². The Morgan fingerprint density at radius 2 is 1.93 bits per heavy atom. The van der Waals surface area contributed by atoms with E-state index in [2.05, 4.69) is 19.8 Å². The zero-order valence-electron chi connectivity index (χ0n) is 15.6. The van der Waals surface area contributed by atoms with Gasteiger partial charge in [0.05, 0.1) is 13.7 Å². The molecule has 8 heteroatoms. The summed E-state index contributed by atoms with van der Waals surface area (Å²) in [6.45, 7) is 3.82. The van der Waals surface area contributed by atoms with Gasteiger partial charge < -0.3 is 14.5 Å². The van der Waals surface area contributed by atoms with Crippen LogP contribution in [0.2, 0.25) is 0 Å². The van der Waals surface area contributed by atoms with E-state index in [9.17, 15) is 9.18 Å². The van der Waals surface area contributed by atoms with Crippen LogP contribution in [0.3, 0.4) is 0 Å². The van der Waals surface area contributed by atoms with E-state index >= 15 is 0 Å². The molecular weight excluding hydrogens is 349 g/mol. The number of carbonyl (C=O) groups is 1. The highest BCUT2D eigenvalue weighted by Crippen LogP contribution is 2.18. The largest absolute Gasteiger partial charge is 0.494 e. The predicted octanol–water partition coefficient (Wildman–Crippen LogP) is 1.40. The third-order valence-corrected chi connectivity index (χ3v) is 4.63. The molecule has 1 amide bonds. The topological polar surface area (TPSA) is 61.8 Å². The molecule has 0 N–H and O–H groups in total. The molecule has 0 unspecified atom stereocenters. The van der Waals surface area contributed by atoms with Gasteiger partial charge in [-0.3, -0.25) is 9.69 Å². The SMILES string of the molecule is COc1ccc(CN(C)C(=O)CN2CCN(c3ncccn3)CC2)cc1F. The molecule has 1 aromatic carbocycles. The average molecular weight is 373 g/mol. The van der Waals surface area contributed by atoms with E-state index in [4.69, 9.17) is 4.74 Å². The molecule has 0 aliphatic carbocycles. The van der Waals surface area contributed by atoms with Gasteiger partial charge in [-0.2, -0.15) is 0 Å². The van der Waals surface area contributed by atoms with Crippen molar-refractivity contribution in [2.75, 3.05) is 51.8 Å². The van der Waals surface area contributed by atoms with Crippen LogP contribution in [0.25, 0.3) is 0 Å². The van der Waals surface area contributed by atoms with Crippen LogP contribution < -0.4 is 9.64 Å². The molecule has 0 saturated carbocycles. The number of piperazine rings is 1. The van der Waals surface area contributed by atoms with Gasteiger partial charge in [0.1, 0.15) is 0 Å². The van der Waals surface area contributed by atoms with Crippen molar-refractivity contribution in [1.29, 1.82) is 0 Å². The number of aromatic nitrogens is 2. The van der Waals surface area contributed by atoms with E-state index < -0.39 is 5.82 Å². The monoisotopic (exact) mass is 373 g/mol. The maximum atomic E-state index is 13.8. The third kappa shape index (κ3) is 4.91. The molecule has 1 aromatic heterocycles. The maximum absolute atomic E-state index is 13.8. The standard InChI is InChI=1S/C19H24FN5O2/c1-23(13-15-4-5-17(27-2)16(20)12-15)18(26)14-24-8-10-25(11-9-24)19-21-6-3-7-22-19/h3-7,12H,8-11,13-14H2,1-2H3. The number of nitrogens with zero attached hydrogens (tertiary/aromatic N) is 5. The first kappa shape index (κ1) is 19.0. The van der Waals surface area contributed by atoms with Gasteiger partial charge >= 0.3 is 0 Å². The minimum atomic E-state index is -0.421. The van der Waals surface area contributed by atoms with Gasteiger partial charge in [-0.1, -0.05) is 6.07 Å². The van der Waals surface area contributed by atoms with E-state index in [1.165, 1.54) is 13.2 Å². The summed E-state index contributed by atoms with van der Waals surface area (Å²) < 4.78 is 18.7. The van der Waals surface area contributed by atoms with Gasteiger partial charge in [-0.15, -0.1) is 0 Å². The summed E-state index contributed by atoms with van der Waals surface area (Å²) in [7, 11) is 3.16. The van der Waals surface area contributed by atoms with Crippen LogP contribution in [0.5, 0.6) is 5.75 Å². The van der Waals surface area contributed by atoms with Crippen LogP contribution in [0, 0.1) is 5.82 Å². The van der Waals surface area contributed by atoms with Crippen molar-refractivity contribution in [2.45, 2.75) is 6.54 Å². The van der Waals surface area contributed by atoms with Gasteiger partial charge in [-0.05, 0) is 23.8 Å². The Kier molecular flexibility index (Phi) is 6.18. The number of ether oxygens (including phenoxy) is 1. The van der Waals surface area contributed by atoms with Crippen molar-refractivity contribution in [3.05, 3.63) is 48.0 Å². The lowest BCUT2D eigenvalue weighted by molar-refractivity contribution is -0.131. The van der Waals surface area contributed by atoms with Gasteiger partial charge in [-0.25, -0.2) is 14.4 Å². The summed E-state index contributed by atoms with van der Waals surface area (Å²) in [4.78, 5) is 26.9. The van der Waals surface area contributed by atoms with Crippen LogP contribution in [0.15, 0.2) is 36.7 Å². The average Bonchev–Trinajstić information content (AvgIpc) is 2.69. The lowest BCUT2D eigenvalue weighted by Gasteiger charge is -2.34. The van der Waals surface area contributed by atoms with Crippen molar-refractivity contribution in [2.24, 2.45) is 0 Å². The lowest BCUT2D eigenvalue weighted by atomic mass is 10.2. The first-order chi connectivity index (χ1) is 13.1. The minimum Gasteiger partial charge on any atom is -0.494 e. The molecule has 144 valence electrons. The number of amides is 1. The predicted molar refractivity (Wildman–Crippen MR) is 100 cm³/mol. The molecule has 1 aliphatic heterocycles. The number of hydrogen-bond acceptors (Lipinski definition) is 6. The fourth-order valence-electron chi connectivity index (χ4n) is 3.04. The Bertz CT molecular complexity index is 766. The van der Waals surface area contributed by atoms with E-state index in [1.807, 2.05) is 0 Å². The minimum absolute atomic E-state index is 0.00985. The fraction of sp³-hybridized carbons (Fsp3) is 0.421. The number of likely N-dealkylation sites (N-methyl/N-ethyl adjacent to an activating group) is 1. The summed E-state index contributed by atoms with van der Waals surface area (Å²) in [6, 6.07) is 6.54. The smallest absolute Gasteiger partial charge is 0.236 e. The highest BCUT2D eigenvalue weighted by atomic mass is 19.1. The molecule has 0 radical (unpaired) electrons. The van der Waals surface area contributed by atoms with Crippen molar-refractivity contribution in [3.63, 3.8) is 0 Å². The first-order valence-corrected chi connectivity index (χ1v) is 8.87. The third-order valence-electron chi connectivity index (χ3n) is 4.63. The summed E-state index contributed by atoms with van der Waals surface area (Å²) in [6.07, 6.45) is 3.46. The first-order valence-electron chi connectivity index (χ1n) is 8.87. The molecule has 0 atom stereocenters. The second-order valence-electron chi connectivity index (χ2n) is 6.53. The van der Waals surface area contributed by atoms with Gasteiger partial charge in [0, 0.05) is 52.2 Å².